The second-order valence-corrected chi connectivity index (χ2v) is 8.70. The molecule has 4 aromatic rings. The van der Waals surface area contributed by atoms with E-state index in [0.717, 1.165) is 39.6 Å². The first-order chi connectivity index (χ1) is 16.5. The summed E-state index contributed by atoms with van der Waals surface area (Å²) in [6.45, 7) is 6.30. The molecule has 5 rings (SSSR count). The van der Waals surface area contributed by atoms with Gasteiger partial charge in [-0.15, -0.1) is 0 Å². The molecular weight excluding hydrogens is 427 g/mol. The van der Waals surface area contributed by atoms with E-state index >= 15 is 0 Å². The maximum atomic E-state index is 13.8. The van der Waals surface area contributed by atoms with Gasteiger partial charge in [0, 0.05) is 23.5 Å². The Bertz CT molecular complexity index is 1320. The second kappa shape index (κ2) is 8.78. The Balaban J connectivity index is 1.68. The molecule has 0 N–H and O–H groups in total. The number of fused-ring (bicyclic) bond motifs is 1. The van der Waals surface area contributed by atoms with Gasteiger partial charge in [-0.25, -0.2) is 4.39 Å². The number of pyridine rings is 2. The van der Waals surface area contributed by atoms with Crippen LogP contribution in [-0.4, -0.2) is 23.1 Å². The first-order valence-electron chi connectivity index (χ1n) is 11.4. The molecule has 172 valence electrons. The van der Waals surface area contributed by atoms with Gasteiger partial charge in [-0.05, 0) is 80.4 Å². The maximum Gasteiger partial charge on any atom is 0.223 e. The molecule has 2 aromatic heterocycles. The molecule has 0 fully saturated rings. The van der Waals surface area contributed by atoms with Gasteiger partial charge in [-0.2, -0.15) is 4.98 Å². The highest BCUT2D eigenvalue weighted by molar-refractivity contribution is 5.84. The molecule has 0 bridgehead atoms. The molecule has 5 nitrogen and oxygen atoms in total. The Labute approximate surface area is 199 Å². The number of hydrogen-bond donors (Lipinski definition) is 0. The summed E-state index contributed by atoms with van der Waals surface area (Å²) in [7, 11) is 1.64. The van der Waals surface area contributed by atoms with E-state index in [1.54, 1.807) is 13.3 Å². The number of anilines is 3. The molecule has 1 aliphatic heterocycles. The van der Waals surface area contributed by atoms with Gasteiger partial charge in [0.25, 0.3) is 0 Å². The summed E-state index contributed by atoms with van der Waals surface area (Å²) in [4.78, 5) is 13.8. The number of ether oxygens (including phenoxy) is 1. The van der Waals surface area contributed by atoms with Crippen LogP contribution < -0.4 is 14.5 Å². The molecule has 0 amide bonds. The van der Waals surface area contributed by atoms with Crippen molar-refractivity contribution in [1.82, 2.24) is 9.97 Å². The standard InChI is InChI=1S/C28H27FN4O/c1-18(2)32-24-7-5-6-8-25(24)33(28(32)20-9-11-22(29)12-10-20)26-14-13-23(27(31-26)34-4)21-15-16-30-19(3)17-21/h5-18,28H,1-4H3. The van der Waals surface area contributed by atoms with Crippen molar-refractivity contribution in [2.75, 3.05) is 16.9 Å². The number of aromatic nitrogens is 2. The molecule has 0 radical (unpaired) electrons. The fourth-order valence-corrected chi connectivity index (χ4v) is 4.68. The normalized spacial score (nSPS) is 15.1. The largest absolute Gasteiger partial charge is 0.480 e. The average molecular weight is 455 g/mol. The van der Waals surface area contributed by atoms with Gasteiger partial charge in [0.15, 0.2) is 0 Å². The first kappa shape index (κ1) is 21.9. The lowest BCUT2D eigenvalue weighted by Crippen LogP contribution is -2.38. The fourth-order valence-electron chi connectivity index (χ4n) is 4.68. The molecule has 0 spiro atoms. The number of nitrogens with zero attached hydrogens (tertiary/aromatic N) is 4. The van der Waals surface area contributed by atoms with Gasteiger partial charge < -0.3 is 9.64 Å². The van der Waals surface area contributed by atoms with Gasteiger partial charge in [0.1, 0.15) is 17.8 Å². The van der Waals surface area contributed by atoms with E-state index in [0.29, 0.717) is 5.88 Å². The van der Waals surface area contributed by atoms with Crippen LogP contribution in [0.3, 0.4) is 0 Å². The molecule has 0 saturated carbocycles. The van der Waals surface area contributed by atoms with E-state index in [4.69, 9.17) is 9.72 Å². The van der Waals surface area contributed by atoms with Crippen molar-refractivity contribution >= 4 is 17.2 Å². The van der Waals surface area contributed by atoms with E-state index in [-0.39, 0.29) is 18.0 Å². The number of hydrogen-bond acceptors (Lipinski definition) is 5. The van der Waals surface area contributed by atoms with Crippen molar-refractivity contribution in [2.45, 2.75) is 33.0 Å². The summed E-state index contributed by atoms with van der Waals surface area (Å²) in [5, 5.41) is 0. The number of para-hydroxylation sites is 2. The highest BCUT2D eigenvalue weighted by atomic mass is 19.1. The minimum Gasteiger partial charge on any atom is -0.480 e. The number of benzene rings is 2. The van der Waals surface area contributed by atoms with Crippen molar-refractivity contribution in [1.29, 1.82) is 0 Å². The Morgan fingerprint density at radius 1 is 0.941 bits per heavy atom. The topological polar surface area (TPSA) is 41.5 Å². The molecule has 34 heavy (non-hydrogen) atoms. The van der Waals surface area contributed by atoms with Crippen molar-refractivity contribution < 1.29 is 9.13 Å². The van der Waals surface area contributed by atoms with Gasteiger partial charge >= 0.3 is 0 Å². The predicted octanol–water partition coefficient (Wildman–Crippen LogP) is 6.67. The molecule has 0 aliphatic carbocycles. The quantitative estimate of drug-likeness (QED) is 0.337. The fraction of sp³-hybridized carbons (Fsp3) is 0.214. The Morgan fingerprint density at radius 2 is 1.68 bits per heavy atom. The number of methoxy groups -OCH3 is 1. The van der Waals surface area contributed by atoms with Gasteiger partial charge in [-0.1, -0.05) is 24.3 Å². The zero-order valence-corrected chi connectivity index (χ0v) is 19.7. The van der Waals surface area contributed by atoms with E-state index in [1.807, 2.05) is 55.5 Å². The molecule has 6 heteroatoms. The van der Waals surface area contributed by atoms with Crippen LogP contribution in [0.4, 0.5) is 21.6 Å². The van der Waals surface area contributed by atoms with Crippen LogP contribution >= 0.6 is 0 Å². The second-order valence-electron chi connectivity index (χ2n) is 8.70. The monoisotopic (exact) mass is 454 g/mol. The Hall–Kier alpha value is -3.93. The van der Waals surface area contributed by atoms with Gasteiger partial charge in [-0.3, -0.25) is 9.88 Å². The van der Waals surface area contributed by atoms with Crippen LogP contribution in [0.1, 0.15) is 31.3 Å². The third kappa shape index (κ3) is 3.75. The summed E-state index contributed by atoms with van der Waals surface area (Å²) in [6.07, 6.45) is 1.61. The number of halogens is 1. The molecule has 0 saturated heterocycles. The summed E-state index contributed by atoms with van der Waals surface area (Å²) in [5.74, 6) is 1.05. The summed E-state index contributed by atoms with van der Waals surface area (Å²) in [5.41, 5.74) is 5.99. The third-order valence-electron chi connectivity index (χ3n) is 6.15. The lowest BCUT2D eigenvalue weighted by atomic mass is 10.1. The highest BCUT2D eigenvalue weighted by Crippen LogP contribution is 2.51. The zero-order valence-electron chi connectivity index (χ0n) is 19.7. The van der Waals surface area contributed by atoms with E-state index in [2.05, 4.69) is 40.8 Å². The number of aryl methyl sites for hydroxylation is 1. The Morgan fingerprint density at radius 3 is 2.35 bits per heavy atom. The van der Waals surface area contributed by atoms with Crippen LogP contribution in [-0.2, 0) is 0 Å². The van der Waals surface area contributed by atoms with Crippen LogP contribution in [0, 0.1) is 12.7 Å². The first-order valence-corrected chi connectivity index (χ1v) is 11.4. The highest BCUT2D eigenvalue weighted by Gasteiger charge is 2.39. The van der Waals surface area contributed by atoms with Crippen molar-refractivity contribution in [2.24, 2.45) is 0 Å². The van der Waals surface area contributed by atoms with Gasteiger partial charge in [0.2, 0.25) is 5.88 Å². The van der Waals surface area contributed by atoms with Crippen LogP contribution in [0.25, 0.3) is 11.1 Å². The van der Waals surface area contributed by atoms with Crippen LogP contribution in [0.15, 0.2) is 79.0 Å². The molecule has 1 aliphatic rings. The minimum atomic E-state index is -0.251. The molecule has 1 atom stereocenters. The van der Waals surface area contributed by atoms with Crippen molar-refractivity contribution in [3.63, 3.8) is 0 Å². The minimum absolute atomic E-state index is 0.177. The molecule has 3 heterocycles. The predicted molar refractivity (Wildman–Crippen MR) is 134 cm³/mol. The molecule has 1 unspecified atom stereocenters. The lowest BCUT2D eigenvalue weighted by molar-refractivity contribution is 0.399. The van der Waals surface area contributed by atoms with Crippen LogP contribution in [0.2, 0.25) is 0 Å². The average Bonchev–Trinajstić information content (AvgIpc) is 3.19. The van der Waals surface area contributed by atoms with Crippen molar-refractivity contribution in [3.8, 4) is 17.0 Å². The van der Waals surface area contributed by atoms with E-state index < -0.39 is 0 Å². The maximum absolute atomic E-state index is 13.8. The Kier molecular flexibility index (Phi) is 5.65. The van der Waals surface area contributed by atoms with Gasteiger partial charge in [0.05, 0.1) is 18.5 Å². The summed E-state index contributed by atoms with van der Waals surface area (Å²) in [6, 6.07) is 23.3. The zero-order chi connectivity index (χ0) is 23.8. The van der Waals surface area contributed by atoms with E-state index in [1.165, 1.54) is 12.1 Å². The number of rotatable bonds is 5. The van der Waals surface area contributed by atoms with Crippen molar-refractivity contribution in [3.05, 3.63) is 96.1 Å². The summed E-state index contributed by atoms with van der Waals surface area (Å²) >= 11 is 0. The third-order valence-corrected chi connectivity index (χ3v) is 6.15. The van der Waals surface area contributed by atoms with Crippen LogP contribution in [0.5, 0.6) is 5.88 Å². The smallest absolute Gasteiger partial charge is 0.223 e. The summed E-state index contributed by atoms with van der Waals surface area (Å²) < 4.78 is 19.5. The SMILES string of the molecule is COc1nc(N2c3ccccc3N(C(C)C)C2c2ccc(F)cc2)ccc1-c1ccnc(C)c1. The molecular formula is C28H27FN4O. The van der Waals surface area contributed by atoms with E-state index in [9.17, 15) is 4.39 Å². The molecule has 2 aromatic carbocycles. The lowest BCUT2D eigenvalue weighted by Gasteiger charge is -2.35.